The summed E-state index contributed by atoms with van der Waals surface area (Å²) >= 11 is 2.23. The maximum atomic E-state index is 3.74. The first-order valence-electron chi connectivity index (χ1n) is 3.76. The quantitative estimate of drug-likeness (QED) is 0.464. The minimum absolute atomic E-state index is 0.297. The van der Waals surface area contributed by atoms with Gasteiger partial charge in [-0.3, -0.25) is 0 Å². The van der Waals surface area contributed by atoms with E-state index in [1.54, 1.807) is 0 Å². The van der Waals surface area contributed by atoms with Crippen molar-refractivity contribution in [3.05, 3.63) is 38.0 Å². The van der Waals surface area contributed by atoms with Crippen LogP contribution in [0.3, 0.4) is 0 Å². The van der Waals surface area contributed by atoms with E-state index in [4.69, 9.17) is 0 Å². The van der Waals surface area contributed by atoms with Gasteiger partial charge >= 0.3 is 78.0 Å². The fourth-order valence-corrected chi connectivity index (χ4v) is 1.99. The van der Waals surface area contributed by atoms with Crippen LogP contribution in [-0.4, -0.2) is 16.5 Å². The van der Waals surface area contributed by atoms with Crippen molar-refractivity contribution in [2.75, 3.05) is 0 Å². The monoisotopic (exact) mass is 209 g/mol. The second-order valence-corrected chi connectivity index (χ2v) is 4.98. The van der Waals surface area contributed by atoms with Crippen LogP contribution in [0.15, 0.2) is 38.0 Å². The summed E-state index contributed by atoms with van der Waals surface area (Å²) in [5.74, 6) is 0. The number of hydrogen-bond acceptors (Lipinski definition) is 0. The van der Waals surface area contributed by atoms with Crippen LogP contribution in [0.1, 0.15) is 19.3 Å². The molecule has 0 aromatic heterocycles. The molecule has 11 heavy (non-hydrogen) atoms. The molecule has 0 saturated carbocycles. The molecule has 0 saturated heterocycles. The molecule has 0 spiro atoms. The molecule has 0 aromatic rings. The summed E-state index contributed by atoms with van der Waals surface area (Å²) in [5, 5.41) is 0. The molecule has 0 aliphatic carbocycles. The molecule has 0 heterocycles. The Kier molecular flexibility index (Phi) is 5.30. The van der Waals surface area contributed by atoms with Gasteiger partial charge in [-0.1, -0.05) is 0 Å². The molecule has 0 nitrogen and oxygen atoms in total. The van der Waals surface area contributed by atoms with E-state index in [-0.39, 0.29) is 0 Å². The predicted molar refractivity (Wildman–Crippen MR) is 52.9 cm³/mol. The predicted octanol–water partition coefficient (Wildman–Crippen LogP) is 3.04. The summed E-state index contributed by atoms with van der Waals surface area (Å²) in [6, 6.07) is 0. The first-order chi connectivity index (χ1) is 5.18. The van der Waals surface area contributed by atoms with E-state index in [0.29, 0.717) is 4.25 Å². The third-order valence-corrected chi connectivity index (χ3v) is 2.89. The molecule has 0 rings (SSSR count). The van der Waals surface area contributed by atoms with Crippen molar-refractivity contribution in [3.63, 3.8) is 0 Å². The molecule has 0 unspecified atom stereocenters. The van der Waals surface area contributed by atoms with Gasteiger partial charge in [0.05, 0.1) is 0 Å². The summed E-state index contributed by atoms with van der Waals surface area (Å²) < 4.78 is 0.297. The summed E-state index contributed by atoms with van der Waals surface area (Å²) in [6.07, 6.45) is 8.99. The Morgan fingerprint density at radius 3 is 1.36 bits per heavy atom. The van der Waals surface area contributed by atoms with Gasteiger partial charge in [-0.2, -0.15) is 0 Å². The zero-order valence-electron chi connectivity index (χ0n) is 6.97. The van der Waals surface area contributed by atoms with Crippen LogP contribution in [0.2, 0.25) is 4.25 Å². The van der Waals surface area contributed by atoms with Gasteiger partial charge in [-0.05, 0) is 0 Å². The molecule has 0 aliphatic rings. The first-order valence-corrected chi connectivity index (χ1v) is 4.81. The van der Waals surface area contributed by atoms with Crippen LogP contribution in [-0.2, 0) is 0 Å². The average Bonchev–Trinajstić information content (AvgIpc) is 1.88. The molecular formula is C10H15Ge. The van der Waals surface area contributed by atoms with Crippen LogP contribution in [0, 0.1) is 0 Å². The molecule has 0 aromatic carbocycles. The van der Waals surface area contributed by atoms with E-state index < -0.39 is 0 Å². The third-order valence-electron chi connectivity index (χ3n) is 1.61. The van der Waals surface area contributed by atoms with Crippen molar-refractivity contribution in [2.24, 2.45) is 0 Å². The van der Waals surface area contributed by atoms with Crippen LogP contribution in [0.4, 0.5) is 0 Å². The van der Waals surface area contributed by atoms with Crippen molar-refractivity contribution < 1.29 is 0 Å². The van der Waals surface area contributed by atoms with E-state index in [0.717, 1.165) is 19.3 Å². The van der Waals surface area contributed by atoms with Crippen molar-refractivity contribution in [2.45, 2.75) is 23.5 Å². The molecule has 59 valence electrons. The summed E-state index contributed by atoms with van der Waals surface area (Å²) in [5.41, 5.74) is 0. The van der Waals surface area contributed by atoms with Crippen LogP contribution in [0.5, 0.6) is 0 Å². The minimum atomic E-state index is 0.297. The topological polar surface area (TPSA) is 0 Å². The molecule has 1 heteroatoms. The van der Waals surface area contributed by atoms with Crippen LogP contribution < -0.4 is 0 Å². The molecule has 0 amide bonds. The van der Waals surface area contributed by atoms with E-state index in [9.17, 15) is 0 Å². The zero-order valence-corrected chi connectivity index (χ0v) is 9.07. The third kappa shape index (κ3) is 4.25. The summed E-state index contributed by atoms with van der Waals surface area (Å²) in [4.78, 5) is 0. The number of allylic oxidation sites excluding steroid dienone is 3. The Labute approximate surface area is 78.3 Å². The Morgan fingerprint density at radius 2 is 1.18 bits per heavy atom. The zero-order chi connectivity index (χ0) is 8.74. The van der Waals surface area contributed by atoms with Gasteiger partial charge in [0.25, 0.3) is 0 Å². The van der Waals surface area contributed by atoms with E-state index in [1.165, 1.54) is 0 Å². The second kappa shape index (κ2) is 5.42. The molecule has 0 atom stereocenters. The van der Waals surface area contributed by atoms with Crippen molar-refractivity contribution in [1.29, 1.82) is 0 Å². The molecular weight excluding hydrogens is 193 g/mol. The van der Waals surface area contributed by atoms with Crippen LogP contribution in [0.25, 0.3) is 0 Å². The normalized spacial score (nSPS) is 10.6. The fourth-order valence-electron chi connectivity index (χ4n) is 1.08. The summed E-state index contributed by atoms with van der Waals surface area (Å²) in [7, 11) is 0. The average molecular weight is 208 g/mol. The fraction of sp³-hybridized carbons (Fsp3) is 0.400. The first kappa shape index (κ1) is 10.8. The van der Waals surface area contributed by atoms with E-state index in [2.05, 4.69) is 36.3 Å². The summed E-state index contributed by atoms with van der Waals surface area (Å²) in [6.45, 7) is 11.2. The van der Waals surface area contributed by atoms with Gasteiger partial charge in [0.2, 0.25) is 0 Å². The van der Waals surface area contributed by atoms with Crippen molar-refractivity contribution in [1.82, 2.24) is 0 Å². The maximum absolute atomic E-state index is 3.74. The SMILES string of the molecule is C=CC[C]([Ge])(CC=C)CC=C. The van der Waals surface area contributed by atoms with Crippen LogP contribution >= 0.6 is 0 Å². The van der Waals surface area contributed by atoms with Gasteiger partial charge < -0.3 is 0 Å². The molecule has 0 aliphatic heterocycles. The van der Waals surface area contributed by atoms with E-state index in [1.807, 2.05) is 18.2 Å². The van der Waals surface area contributed by atoms with Gasteiger partial charge in [-0.15, -0.1) is 0 Å². The molecule has 0 fully saturated rings. The van der Waals surface area contributed by atoms with Gasteiger partial charge in [0.1, 0.15) is 0 Å². The molecule has 0 N–H and O–H groups in total. The second-order valence-electron chi connectivity index (χ2n) is 2.76. The van der Waals surface area contributed by atoms with E-state index >= 15 is 0 Å². The number of rotatable bonds is 6. The van der Waals surface area contributed by atoms with Gasteiger partial charge in [-0.25, -0.2) is 0 Å². The van der Waals surface area contributed by atoms with Crippen molar-refractivity contribution >= 4 is 16.5 Å². The number of hydrogen-bond donors (Lipinski definition) is 0. The molecule has 0 bridgehead atoms. The standard InChI is InChI=1S/C10H15Ge/c1-4-7-10(11,8-5-2)9-6-3/h4-6H,1-3,7-9H2. The Morgan fingerprint density at radius 1 is 0.909 bits per heavy atom. The Hall–Kier alpha value is -0.237. The molecule has 3 radical (unpaired) electrons. The van der Waals surface area contributed by atoms with Crippen molar-refractivity contribution in [3.8, 4) is 0 Å². The van der Waals surface area contributed by atoms with Gasteiger partial charge in [0, 0.05) is 0 Å². The Balaban J connectivity index is 4.09. The Bertz CT molecular complexity index is 120. The van der Waals surface area contributed by atoms with Gasteiger partial charge in [0.15, 0.2) is 0 Å².